The van der Waals surface area contributed by atoms with Crippen molar-refractivity contribution in [1.29, 1.82) is 0 Å². The summed E-state index contributed by atoms with van der Waals surface area (Å²) in [5, 5.41) is 18.1. The van der Waals surface area contributed by atoms with Crippen molar-refractivity contribution in [2.45, 2.75) is 32.2 Å². The minimum Gasteiger partial charge on any atom is -0.504 e. The van der Waals surface area contributed by atoms with E-state index in [1.807, 2.05) is 31.2 Å². The number of ether oxygens (including phenoxy) is 1. The van der Waals surface area contributed by atoms with Gasteiger partial charge in [0.15, 0.2) is 23.0 Å². The zero-order chi connectivity index (χ0) is 22.2. The lowest BCUT2D eigenvalue weighted by atomic mass is 10.1. The van der Waals surface area contributed by atoms with Gasteiger partial charge in [-0.2, -0.15) is 9.78 Å². The Morgan fingerprint density at radius 2 is 2.09 bits per heavy atom. The van der Waals surface area contributed by atoms with Gasteiger partial charge in [-0.1, -0.05) is 12.1 Å². The van der Waals surface area contributed by atoms with Crippen molar-refractivity contribution < 1.29 is 14.6 Å². The molecule has 3 aromatic heterocycles. The lowest BCUT2D eigenvalue weighted by Gasteiger charge is -2.11. The van der Waals surface area contributed by atoms with Gasteiger partial charge in [0.2, 0.25) is 0 Å². The molecule has 32 heavy (non-hydrogen) atoms. The number of phenols is 1. The van der Waals surface area contributed by atoms with Crippen LogP contribution in [0, 0.1) is 6.92 Å². The van der Waals surface area contributed by atoms with Crippen LogP contribution >= 0.6 is 0 Å². The number of nitrogens with one attached hydrogen (secondary N) is 1. The minimum atomic E-state index is -0.199. The molecule has 3 heterocycles. The van der Waals surface area contributed by atoms with Crippen LogP contribution in [0.1, 0.15) is 46.1 Å². The topological polar surface area (TPSA) is 102 Å². The van der Waals surface area contributed by atoms with Gasteiger partial charge >= 0.3 is 0 Å². The first kappa shape index (κ1) is 20.0. The molecule has 1 aromatic carbocycles. The zero-order valence-electron chi connectivity index (χ0n) is 17.9. The number of pyridine rings is 2. The summed E-state index contributed by atoms with van der Waals surface area (Å²) in [6, 6.07) is 12.5. The molecule has 0 atom stereocenters. The summed E-state index contributed by atoms with van der Waals surface area (Å²) in [6.45, 7) is 2.17. The van der Waals surface area contributed by atoms with E-state index >= 15 is 0 Å². The average Bonchev–Trinajstić information content (AvgIpc) is 3.62. The Hall–Kier alpha value is -3.94. The third kappa shape index (κ3) is 3.64. The first-order chi connectivity index (χ1) is 15.5. The number of hydrogen-bond donors (Lipinski definition) is 2. The highest BCUT2D eigenvalue weighted by Gasteiger charge is 2.29. The number of carbonyl (C=O) groups excluding carboxylic acids is 1. The van der Waals surface area contributed by atoms with Crippen LogP contribution < -0.4 is 10.1 Å². The molecule has 0 aliphatic heterocycles. The summed E-state index contributed by atoms with van der Waals surface area (Å²) >= 11 is 0. The molecule has 0 bridgehead atoms. The maximum Gasteiger partial charge on any atom is 0.252 e. The Kier molecular flexibility index (Phi) is 4.97. The Balaban J connectivity index is 1.53. The standard InChI is InChI=1S/C24H23N5O3/c1-14-22-17(24(31)26-13-15-6-9-19(30)20(11-15)32-2)12-18(16-7-8-16)27-23(22)29(28-14)21-5-3-4-10-25-21/h3-6,9-12,16,30H,7-8,13H2,1-2H3,(H,26,31). The van der Waals surface area contributed by atoms with E-state index in [-0.39, 0.29) is 11.7 Å². The second-order valence-electron chi connectivity index (χ2n) is 7.94. The molecule has 4 aromatic rings. The molecule has 1 fully saturated rings. The predicted molar refractivity (Wildman–Crippen MR) is 119 cm³/mol. The molecule has 0 unspecified atom stereocenters. The third-order valence-electron chi connectivity index (χ3n) is 5.64. The minimum absolute atomic E-state index is 0.0602. The van der Waals surface area contributed by atoms with Gasteiger partial charge in [0.1, 0.15) is 0 Å². The Bertz CT molecular complexity index is 1310. The fraction of sp³-hybridized carbons (Fsp3) is 0.250. The normalized spacial score (nSPS) is 13.3. The van der Waals surface area contributed by atoms with Gasteiger partial charge in [0.25, 0.3) is 5.91 Å². The van der Waals surface area contributed by atoms with E-state index < -0.39 is 0 Å². The van der Waals surface area contributed by atoms with Crippen LogP contribution in [0.3, 0.4) is 0 Å². The molecule has 162 valence electrons. The van der Waals surface area contributed by atoms with Gasteiger partial charge in [0.05, 0.1) is 23.8 Å². The molecule has 2 N–H and O–H groups in total. The molecule has 1 amide bonds. The number of rotatable bonds is 6. The lowest BCUT2D eigenvalue weighted by Crippen LogP contribution is -2.23. The van der Waals surface area contributed by atoms with E-state index in [0.29, 0.717) is 35.2 Å². The number of nitrogens with zero attached hydrogens (tertiary/aromatic N) is 4. The van der Waals surface area contributed by atoms with E-state index in [0.717, 1.165) is 35.2 Å². The van der Waals surface area contributed by atoms with Crippen molar-refractivity contribution in [3.8, 4) is 17.3 Å². The van der Waals surface area contributed by atoms with Gasteiger partial charge < -0.3 is 15.2 Å². The fourth-order valence-corrected chi connectivity index (χ4v) is 3.82. The molecular weight excluding hydrogens is 406 g/mol. The molecule has 1 aliphatic rings. The van der Waals surface area contributed by atoms with E-state index in [1.165, 1.54) is 7.11 Å². The van der Waals surface area contributed by atoms with E-state index in [1.54, 1.807) is 29.1 Å². The lowest BCUT2D eigenvalue weighted by molar-refractivity contribution is 0.0952. The third-order valence-corrected chi connectivity index (χ3v) is 5.64. The predicted octanol–water partition coefficient (Wildman–Crippen LogP) is 3.65. The Morgan fingerprint density at radius 3 is 2.81 bits per heavy atom. The highest BCUT2D eigenvalue weighted by atomic mass is 16.5. The summed E-state index contributed by atoms with van der Waals surface area (Å²) in [5.41, 5.74) is 3.65. The second kappa shape index (κ2) is 7.96. The van der Waals surface area contributed by atoms with Crippen LogP contribution in [0.15, 0.2) is 48.7 Å². The number of aromatic nitrogens is 4. The molecule has 0 spiro atoms. The van der Waals surface area contributed by atoms with Crippen molar-refractivity contribution in [1.82, 2.24) is 25.1 Å². The largest absolute Gasteiger partial charge is 0.504 e. The van der Waals surface area contributed by atoms with Crippen LogP contribution in [0.2, 0.25) is 0 Å². The number of amides is 1. The van der Waals surface area contributed by atoms with Crippen LogP contribution in [0.25, 0.3) is 16.9 Å². The monoisotopic (exact) mass is 429 g/mol. The van der Waals surface area contributed by atoms with Gasteiger partial charge in [-0.15, -0.1) is 0 Å². The van der Waals surface area contributed by atoms with Crippen LogP contribution in [-0.4, -0.2) is 37.9 Å². The molecule has 8 heteroatoms. The van der Waals surface area contributed by atoms with Crippen LogP contribution in [-0.2, 0) is 6.54 Å². The zero-order valence-corrected chi connectivity index (χ0v) is 17.9. The number of aromatic hydroxyl groups is 1. The Labute approximate surface area is 184 Å². The van der Waals surface area contributed by atoms with Gasteiger partial charge in [0, 0.05) is 24.4 Å². The number of benzene rings is 1. The maximum absolute atomic E-state index is 13.3. The SMILES string of the molecule is COc1cc(CNC(=O)c2cc(C3CC3)nc3c2c(C)nn3-c2ccccn2)ccc1O. The number of methoxy groups -OCH3 is 1. The summed E-state index contributed by atoms with van der Waals surface area (Å²) in [7, 11) is 1.49. The molecule has 8 nitrogen and oxygen atoms in total. The Morgan fingerprint density at radius 1 is 1.25 bits per heavy atom. The smallest absolute Gasteiger partial charge is 0.252 e. The molecular formula is C24H23N5O3. The number of carbonyl (C=O) groups is 1. The summed E-state index contributed by atoms with van der Waals surface area (Å²) < 4.78 is 6.86. The van der Waals surface area contributed by atoms with Crippen LogP contribution in [0.5, 0.6) is 11.5 Å². The van der Waals surface area contributed by atoms with Gasteiger partial charge in [-0.25, -0.2) is 9.97 Å². The highest BCUT2D eigenvalue weighted by molar-refractivity contribution is 6.06. The summed E-state index contributed by atoms with van der Waals surface area (Å²) in [5.74, 6) is 1.26. The highest BCUT2D eigenvalue weighted by Crippen LogP contribution is 2.40. The molecule has 1 saturated carbocycles. The number of hydrogen-bond acceptors (Lipinski definition) is 6. The fourth-order valence-electron chi connectivity index (χ4n) is 3.82. The first-order valence-corrected chi connectivity index (χ1v) is 10.5. The van der Waals surface area contributed by atoms with Crippen molar-refractivity contribution in [3.05, 3.63) is 71.2 Å². The average molecular weight is 429 g/mol. The first-order valence-electron chi connectivity index (χ1n) is 10.5. The van der Waals surface area contributed by atoms with Gasteiger partial charge in [-0.3, -0.25) is 4.79 Å². The van der Waals surface area contributed by atoms with E-state index in [2.05, 4.69) is 15.4 Å². The summed E-state index contributed by atoms with van der Waals surface area (Å²) in [6.07, 6.45) is 3.86. The number of fused-ring (bicyclic) bond motifs is 1. The quantitative estimate of drug-likeness (QED) is 0.485. The van der Waals surface area contributed by atoms with E-state index in [4.69, 9.17) is 9.72 Å². The summed E-state index contributed by atoms with van der Waals surface area (Å²) in [4.78, 5) is 22.5. The molecule has 1 aliphatic carbocycles. The second-order valence-corrected chi connectivity index (χ2v) is 7.94. The van der Waals surface area contributed by atoms with Crippen molar-refractivity contribution in [3.63, 3.8) is 0 Å². The number of phenolic OH excluding ortho intramolecular Hbond substituents is 1. The van der Waals surface area contributed by atoms with Crippen LogP contribution in [0.4, 0.5) is 0 Å². The van der Waals surface area contributed by atoms with Gasteiger partial charge in [-0.05, 0) is 55.7 Å². The molecule has 0 radical (unpaired) electrons. The molecule has 5 rings (SSSR count). The van der Waals surface area contributed by atoms with Crippen molar-refractivity contribution in [2.24, 2.45) is 0 Å². The van der Waals surface area contributed by atoms with Crippen molar-refractivity contribution in [2.75, 3.05) is 7.11 Å². The van der Waals surface area contributed by atoms with Crippen molar-refractivity contribution >= 4 is 16.9 Å². The molecule has 0 saturated heterocycles. The van der Waals surface area contributed by atoms with E-state index in [9.17, 15) is 9.90 Å². The number of aryl methyl sites for hydroxylation is 1. The maximum atomic E-state index is 13.3.